The molecule has 2 heteroatoms. The van der Waals surface area contributed by atoms with Gasteiger partial charge in [-0.3, -0.25) is 4.90 Å². The average Bonchev–Trinajstić information content (AvgIpc) is 2.36. The number of hydrogen-bond acceptors (Lipinski definition) is 2. The Kier molecular flexibility index (Phi) is 3.16. The highest BCUT2D eigenvalue weighted by molar-refractivity contribution is 4.75. The summed E-state index contributed by atoms with van der Waals surface area (Å²) in [5, 5.41) is 0. The van der Waals surface area contributed by atoms with Crippen LogP contribution in [0.4, 0.5) is 0 Å². The molecule has 1 fully saturated rings. The molecule has 1 saturated heterocycles. The predicted octanol–water partition coefficient (Wildman–Crippen LogP) is 1.46. The number of likely N-dealkylation sites (tertiary alicyclic amines) is 1. The van der Waals surface area contributed by atoms with Crippen molar-refractivity contribution >= 4 is 0 Å². The first-order valence-corrected chi connectivity index (χ1v) is 4.11. The number of ether oxygens (including phenoxy) is 1. The molecule has 0 aromatic carbocycles. The molecule has 1 heterocycles. The first kappa shape index (κ1) is 8.02. The van der Waals surface area contributed by atoms with Crippen LogP contribution in [-0.4, -0.2) is 31.3 Å². The summed E-state index contributed by atoms with van der Waals surface area (Å²) in [4.78, 5) is 2.42. The van der Waals surface area contributed by atoms with E-state index in [4.69, 9.17) is 4.74 Å². The van der Waals surface area contributed by atoms with Gasteiger partial charge in [0, 0.05) is 19.7 Å². The van der Waals surface area contributed by atoms with Crippen molar-refractivity contribution in [3.8, 4) is 0 Å². The summed E-state index contributed by atoms with van der Waals surface area (Å²) in [6, 6.07) is 0.792. The molecule has 1 aliphatic heterocycles. The minimum Gasteiger partial charge on any atom is -0.369 e. The van der Waals surface area contributed by atoms with Crippen LogP contribution in [0.25, 0.3) is 0 Å². The molecule has 1 atom stereocenters. The van der Waals surface area contributed by atoms with Crippen LogP contribution < -0.4 is 0 Å². The van der Waals surface area contributed by atoms with Gasteiger partial charge < -0.3 is 4.74 Å². The monoisotopic (exact) mass is 143 g/mol. The molecule has 0 bridgehead atoms. The van der Waals surface area contributed by atoms with Crippen molar-refractivity contribution in [3.63, 3.8) is 0 Å². The van der Waals surface area contributed by atoms with Gasteiger partial charge in [-0.05, 0) is 19.3 Å². The molecule has 0 amide bonds. The fraction of sp³-hybridized carbons (Fsp3) is 1.00. The summed E-state index contributed by atoms with van der Waals surface area (Å²) < 4.78 is 5.08. The van der Waals surface area contributed by atoms with Gasteiger partial charge in [0.1, 0.15) is 0 Å². The molecule has 1 unspecified atom stereocenters. The highest BCUT2D eigenvalue weighted by atomic mass is 16.5. The lowest BCUT2D eigenvalue weighted by atomic mass is 10.2. The third-order valence-corrected chi connectivity index (χ3v) is 2.27. The van der Waals surface area contributed by atoms with Gasteiger partial charge in [-0.15, -0.1) is 0 Å². The lowest BCUT2D eigenvalue weighted by Gasteiger charge is -2.21. The number of rotatable bonds is 3. The lowest BCUT2D eigenvalue weighted by molar-refractivity contribution is 0.0538. The van der Waals surface area contributed by atoms with Crippen molar-refractivity contribution in [2.75, 3.05) is 20.4 Å². The largest absolute Gasteiger partial charge is 0.369 e. The topological polar surface area (TPSA) is 12.5 Å². The summed E-state index contributed by atoms with van der Waals surface area (Å²) in [6.45, 7) is 4.30. The number of hydrogen-bond donors (Lipinski definition) is 0. The minimum absolute atomic E-state index is 0.792. The molecule has 2 nitrogen and oxygen atoms in total. The first-order valence-electron chi connectivity index (χ1n) is 4.11. The molecular formula is C8H17NO. The molecule has 60 valence electrons. The Morgan fingerprint density at radius 2 is 2.40 bits per heavy atom. The van der Waals surface area contributed by atoms with Crippen LogP contribution in [0.3, 0.4) is 0 Å². The van der Waals surface area contributed by atoms with Crippen LogP contribution in [0.5, 0.6) is 0 Å². The van der Waals surface area contributed by atoms with Crippen LogP contribution in [-0.2, 0) is 4.74 Å². The average molecular weight is 143 g/mol. The second kappa shape index (κ2) is 3.94. The maximum absolute atomic E-state index is 5.08. The van der Waals surface area contributed by atoms with E-state index < -0.39 is 0 Å². The molecule has 0 aromatic heterocycles. The number of methoxy groups -OCH3 is 1. The number of nitrogens with zero attached hydrogens (tertiary/aromatic N) is 1. The molecule has 0 aromatic rings. The zero-order chi connectivity index (χ0) is 7.40. The Balaban J connectivity index is 2.27. The van der Waals surface area contributed by atoms with Crippen molar-refractivity contribution in [3.05, 3.63) is 0 Å². The second-order valence-corrected chi connectivity index (χ2v) is 2.93. The van der Waals surface area contributed by atoms with Crippen molar-refractivity contribution in [2.45, 2.75) is 32.2 Å². The highest BCUT2D eigenvalue weighted by Crippen LogP contribution is 2.18. The Bertz CT molecular complexity index is 95.3. The Labute approximate surface area is 63.2 Å². The summed E-state index contributed by atoms with van der Waals surface area (Å²) >= 11 is 0. The fourth-order valence-electron chi connectivity index (χ4n) is 1.69. The third-order valence-electron chi connectivity index (χ3n) is 2.27. The Morgan fingerprint density at radius 3 is 3.00 bits per heavy atom. The van der Waals surface area contributed by atoms with Crippen molar-refractivity contribution in [1.29, 1.82) is 0 Å². The summed E-state index contributed by atoms with van der Waals surface area (Å²) in [5.74, 6) is 0. The van der Waals surface area contributed by atoms with E-state index in [0.29, 0.717) is 0 Å². The van der Waals surface area contributed by atoms with E-state index in [1.165, 1.54) is 25.8 Å². The SMILES string of the molecule is CCC1CCCN1COC. The summed E-state index contributed by atoms with van der Waals surface area (Å²) in [5.41, 5.74) is 0. The van der Waals surface area contributed by atoms with Crippen molar-refractivity contribution in [2.24, 2.45) is 0 Å². The molecular weight excluding hydrogens is 126 g/mol. The smallest absolute Gasteiger partial charge is 0.0988 e. The molecule has 0 N–H and O–H groups in total. The van der Waals surface area contributed by atoms with E-state index in [2.05, 4.69) is 11.8 Å². The zero-order valence-electron chi connectivity index (χ0n) is 6.97. The molecule has 0 spiro atoms. The second-order valence-electron chi connectivity index (χ2n) is 2.93. The maximum Gasteiger partial charge on any atom is 0.0988 e. The summed E-state index contributed by atoms with van der Waals surface area (Å²) in [7, 11) is 1.77. The van der Waals surface area contributed by atoms with Crippen LogP contribution >= 0.6 is 0 Å². The summed E-state index contributed by atoms with van der Waals surface area (Å²) in [6.07, 6.45) is 3.98. The molecule has 10 heavy (non-hydrogen) atoms. The standard InChI is InChI=1S/C8H17NO/c1-3-8-5-4-6-9(8)7-10-2/h8H,3-7H2,1-2H3. The van der Waals surface area contributed by atoms with Gasteiger partial charge in [0.2, 0.25) is 0 Å². The van der Waals surface area contributed by atoms with Gasteiger partial charge in [0.25, 0.3) is 0 Å². The van der Waals surface area contributed by atoms with Gasteiger partial charge >= 0.3 is 0 Å². The highest BCUT2D eigenvalue weighted by Gasteiger charge is 2.21. The molecule has 1 rings (SSSR count). The van der Waals surface area contributed by atoms with Gasteiger partial charge in [0.05, 0.1) is 6.73 Å². The quantitative estimate of drug-likeness (QED) is 0.593. The van der Waals surface area contributed by atoms with Gasteiger partial charge in [0.15, 0.2) is 0 Å². The zero-order valence-corrected chi connectivity index (χ0v) is 6.97. The minimum atomic E-state index is 0.792. The van der Waals surface area contributed by atoms with Crippen LogP contribution in [0.1, 0.15) is 26.2 Å². The molecule has 1 aliphatic rings. The van der Waals surface area contributed by atoms with Gasteiger partial charge in [-0.2, -0.15) is 0 Å². The van der Waals surface area contributed by atoms with E-state index in [1.54, 1.807) is 7.11 Å². The predicted molar refractivity (Wildman–Crippen MR) is 41.9 cm³/mol. The molecule has 0 aliphatic carbocycles. The van der Waals surface area contributed by atoms with Crippen LogP contribution in [0.15, 0.2) is 0 Å². The van der Waals surface area contributed by atoms with Crippen LogP contribution in [0, 0.1) is 0 Å². The Morgan fingerprint density at radius 1 is 1.60 bits per heavy atom. The van der Waals surface area contributed by atoms with E-state index >= 15 is 0 Å². The van der Waals surface area contributed by atoms with Crippen molar-refractivity contribution in [1.82, 2.24) is 4.90 Å². The molecule has 0 radical (unpaired) electrons. The van der Waals surface area contributed by atoms with Gasteiger partial charge in [-0.25, -0.2) is 0 Å². The van der Waals surface area contributed by atoms with E-state index in [9.17, 15) is 0 Å². The normalized spacial score (nSPS) is 27.6. The van der Waals surface area contributed by atoms with E-state index in [-0.39, 0.29) is 0 Å². The first-order chi connectivity index (χ1) is 4.88. The molecule has 0 saturated carbocycles. The lowest BCUT2D eigenvalue weighted by Crippen LogP contribution is -2.30. The third kappa shape index (κ3) is 1.70. The van der Waals surface area contributed by atoms with E-state index in [0.717, 1.165) is 12.8 Å². The van der Waals surface area contributed by atoms with E-state index in [1.807, 2.05) is 0 Å². The fourth-order valence-corrected chi connectivity index (χ4v) is 1.69. The van der Waals surface area contributed by atoms with Crippen molar-refractivity contribution < 1.29 is 4.74 Å². The Hall–Kier alpha value is -0.0800. The van der Waals surface area contributed by atoms with Gasteiger partial charge in [-0.1, -0.05) is 6.92 Å². The van der Waals surface area contributed by atoms with Crippen LogP contribution in [0.2, 0.25) is 0 Å². The maximum atomic E-state index is 5.08.